The molecular formula is C30H30FN5O4. The Morgan fingerprint density at radius 3 is 2.52 bits per heavy atom. The second kappa shape index (κ2) is 12.0. The average molecular weight is 544 g/mol. The lowest BCUT2D eigenvalue weighted by molar-refractivity contribution is 0.0948. The molecule has 0 bridgehead atoms. The second-order valence-corrected chi connectivity index (χ2v) is 9.48. The molecule has 9 nitrogen and oxygen atoms in total. The Bertz CT molecular complexity index is 1590. The van der Waals surface area contributed by atoms with Crippen LogP contribution in [0.2, 0.25) is 0 Å². The van der Waals surface area contributed by atoms with Crippen LogP contribution in [-0.4, -0.2) is 72.3 Å². The number of carbonyl (C=O) groups is 1. The number of hydrogen-bond acceptors (Lipinski definition) is 7. The van der Waals surface area contributed by atoms with Crippen molar-refractivity contribution in [2.45, 2.75) is 0 Å². The quantitative estimate of drug-likeness (QED) is 0.291. The number of aromatic amines is 1. The number of piperazine rings is 1. The third-order valence-electron chi connectivity index (χ3n) is 6.92. The molecule has 3 aromatic carbocycles. The van der Waals surface area contributed by atoms with E-state index in [0.29, 0.717) is 46.7 Å². The molecule has 1 aliphatic heterocycles. The number of anilines is 1. The summed E-state index contributed by atoms with van der Waals surface area (Å²) in [6.45, 7) is 4.12. The van der Waals surface area contributed by atoms with Gasteiger partial charge in [0.25, 0.3) is 11.5 Å². The smallest absolute Gasteiger partial charge is 0.274 e. The monoisotopic (exact) mass is 543 g/mol. The number of nitrogens with one attached hydrogen (secondary N) is 2. The van der Waals surface area contributed by atoms with E-state index >= 15 is 0 Å². The van der Waals surface area contributed by atoms with E-state index < -0.39 is 5.56 Å². The molecule has 5 rings (SSSR count). The molecule has 1 aliphatic rings. The fourth-order valence-corrected chi connectivity index (χ4v) is 4.66. The summed E-state index contributed by atoms with van der Waals surface area (Å²) in [5, 5.41) is 13.4. The Morgan fingerprint density at radius 2 is 1.80 bits per heavy atom. The minimum atomic E-state index is -0.486. The second-order valence-electron chi connectivity index (χ2n) is 9.48. The van der Waals surface area contributed by atoms with Gasteiger partial charge in [0, 0.05) is 56.5 Å². The first-order valence-corrected chi connectivity index (χ1v) is 13.0. The zero-order valence-electron chi connectivity index (χ0n) is 22.1. The van der Waals surface area contributed by atoms with Gasteiger partial charge in [-0.15, -0.1) is 0 Å². The van der Waals surface area contributed by atoms with E-state index in [9.17, 15) is 19.1 Å². The van der Waals surface area contributed by atoms with Crippen LogP contribution in [0.25, 0.3) is 22.9 Å². The van der Waals surface area contributed by atoms with Crippen molar-refractivity contribution in [1.82, 2.24) is 20.2 Å². The zero-order chi connectivity index (χ0) is 28.1. The van der Waals surface area contributed by atoms with Gasteiger partial charge in [0.15, 0.2) is 0 Å². The van der Waals surface area contributed by atoms with Crippen molar-refractivity contribution in [3.8, 4) is 5.75 Å². The highest BCUT2D eigenvalue weighted by molar-refractivity contribution is 5.97. The summed E-state index contributed by atoms with van der Waals surface area (Å²) >= 11 is 0. The first-order valence-electron chi connectivity index (χ1n) is 13.0. The number of amides is 1. The number of aromatic nitrogens is 2. The molecule has 2 heterocycles. The topological polar surface area (TPSA) is 111 Å². The summed E-state index contributed by atoms with van der Waals surface area (Å²) in [6.07, 6.45) is 1.30. The summed E-state index contributed by atoms with van der Waals surface area (Å²) in [6, 6.07) is 18.4. The Hall–Kier alpha value is -4.70. The Kier molecular flexibility index (Phi) is 8.07. The summed E-state index contributed by atoms with van der Waals surface area (Å²) in [4.78, 5) is 36.8. The number of H-pyrrole nitrogens is 1. The Balaban J connectivity index is 1.17. The van der Waals surface area contributed by atoms with Crippen LogP contribution in [0.3, 0.4) is 0 Å². The van der Waals surface area contributed by atoms with E-state index in [1.165, 1.54) is 12.1 Å². The molecule has 40 heavy (non-hydrogen) atoms. The Morgan fingerprint density at radius 1 is 1.07 bits per heavy atom. The van der Waals surface area contributed by atoms with Gasteiger partial charge in [-0.3, -0.25) is 14.5 Å². The van der Waals surface area contributed by atoms with Gasteiger partial charge in [-0.05, 0) is 54.6 Å². The van der Waals surface area contributed by atoms with Crippen molar-refractivity contribution in [2.75, 3.05) is 51.3 Å². The zero-order valence-corrected chi connectivity index (χ0v) is 22.1. The van der Waals surface area contributed by atoms with Crippen molar-refractivity contribution >= 4 is 34.5 Å². The molecule has 0 aliphatic carbocycles. The van der Waals surface area contributed by atoms with Crippen LogP contribution in [-0.2, 0) is 0 Å². The number of methoxy groups -OCH3 is 1. The molecule has 3 N–H and O–H groups in total. The first-order chi connectivity index (χ1) is 19.4. The molecule has 1 saturated heterocycles. The molecule has 0 atom stereocenters. The molecule has 0 radical (unpaired) electrons. The summed E-state index contributed by atoms with van der Waals surface area (Å²) in [5.41, 5.74) is 2.00. The van der Waals surface area contributed by atoms with Gasteiger partial charge in [0.05, 0.1) is 23.8 Å². The number of rotatable bonds is 8. The average Bonchev–Trinajstić information content (AvgIpc) is 2.98. The standard InChI is InChI=1S/C30H30FN5O4/c1-40-22-9-6-20(7-10-22)28(37)19-26-30(39)34-25-18-21(8-11-24(25)33-26)29(38)32-12-13-35-14-16-36(17-15-35)27-5-3-2-4-23(27)31/h2-11,18-19,37H,12-17H2,1H3,(H,32,38)(H,34,39)/b28-19+. The van der Waals surface area contributed by atoms with Crippen LogP contribution in [0.5, 0.6) is 5.75 Å². The minimum absolute atomic E-state index is 0.0492. The number of hydrogen-bond donors (Lipinski definition) is 3. The number of nitrogens with zero attached hydrogens (tertiary/aromatic N) is 3. The maximum Gasteiger partial charge on any atom is 0.274 e. The molecule has 206 valence electrons. The number of carbonyl (C=O) groups excluding carboxylic acids is 1. The SMILES string of the molecule is COc1ccc(/C(O)=C\c2nc3ccc(C(=O)NCCN4CCN(c5ccccc5F)CC4)cc3[nH]c2=O)cc1. The van der Waals surface area contributed by atoms with Gasteiger partial charge in [0.2, 0.25) is 0 Å². The summed E-state index contributed by atoms with van der Waals surface area (Å²) in [5.74, 6) is 0.0746. The minimum Gasteiger partial charge on any atom is -0.507 e. The third kappa shape index (κ3) is 6.13. The summed E-state index contributed by atoms with van der Waals surface area (Å²) in [7, 11) is 1.55. The van der Waals surface area contributed by atoms with Crippen LogP contribution in [0.15, 0.2) is 71.5 Å². The lowest BCUT2D eigenvalue weighted by atomic mass is 10.1. The maximum atomic E-state index is 14.1. The van der Waals surface area contributed by atoms with Crippen LogP contribution >= 0.6 is 0 Å². The van der Waals surface area contributed by atoms with E-state index in [2.05, 4.69) is 20.2 Å². The van der Waals surface area contributed by atoms with E-state index in [4.69, 9.17) is 4.74 Å². The molecule has 4 aromatic rings. The van der Waals surface area contributed by atoms with Crippen molar-refractivity contribution in [3.05, 3.63) is 99.7 Å². The molecule has 1 aromatic heterocycles. The highest BCUT2D eigenvalue weighted by Crippen LogP contribution is 2.21. The lowest BCUT2D eigenvalue weighted by Gasteiger charge is -2.36. The van der Waals surface area contributed by atoms with Crippen molar-refractivity contribution in [2.24, 2.45) is 0 Å². The van der Waals surface area contributed by atoms with Crippen LogP contribution < -0.4 is 20.5 Å². The normalized spacial score (nSPS) is 14.3. The highest BCUT2D eigenvalue weighted by atomic mass is 19.1. The molecule has 1 amide bonds. The van der Waals surface area contributed by atoms with Gasteiger partial charge >= 0.3 is 0 Å². The van der Waals surface area contributed by atoms with Crippen molar-refractivity contribution in [1.29, 1.82) is 0 Å². The summed E-state index contributed by atoms with van der Waals surface area (Å²) < 4.78 is 19.2. The number of para-hydroxylation sites is 1. The number of aliphatic hydroxyl groups is 1. The molecule has 1 fully saturated rings. The number of aliphatic hydroxyl groups excluding tert-OH is 1. The molecule has 10 heteroatoms. The largest absolute Gasteiger partial charge is 0.507 e. The highest BCUT2D eigenvalue weighted by Gasteiger charge is 2.19. The number of benzene rings is 3. The number of halogens is 1. The van der Waals surface area contributed by atoms with E-state index in [-0.39, 0.29) is 23.2 Å². The van der Waals surface area contributed by atoms with Gasteiger partial charge in [-0.2, -0.15) is 0 Å². The predicted octanol–water partition coefficient (Wildman–Crippen LogP) is 3.68. The predicted molar refractivity (Wildman–Crippen MR) is 153 cm³/mol. The molecular weight excluding hydrogens is 513 g/mol. The maximum absolute atomic E-state index is 14.1. The van der Waals surface area contributed by atoms with Gasteiger partial charge in [0.1, 0.15) is 23.0 Å². The number of fused-ring (bicyclic) bond motifs is 1. The number of ether oxygens (including phenoxy) is 1. The van der Waals surface area contributed by atoms with Crippen molar-refractivity contribution < 1.29 is 19.0 Å². The molecule has 0 saturated carbocycles. The fraction of sp³-hybridized carbons (Fsp3) is 0.233. The van der Waals surface area contributed by atoms with Crippen molar-refractivity contribution in [3.63, 3.8) is 0 Å². The van der Waals surface area contributed by atoms with Crippen LogP contribution in [0.4, 0.5) is 10.1 Å². The van der Waals surface area contributed by atoms with E-state index in [0.717, 1.165) is 26.2 Å². The van der Waals surface area contributed by atoms with E-state index in [1.54, 1.807) is 61.7 Å². The molecule has 0 unspecified atom stereocenters. The lowest BCUT2D eigenvalue weighted by Crippen LogP contribution is -2.48. The van der Waals surface area contributed by atoms with Gasteiger partial charge < -0.3 is 25.0 Å². The third-order valence-corrected chi connectivity index (χ3v) is 6.92. The van der Waals surface area contributed by atoms with Crippen LogP contribution in [0.1, 0.15) is 21.6 Å². The molecule has 0 spiro atoms. The Labute approximate surface area is 230 Å². The fourth-order valence-electron chi connectivity index (χ4n) is 4.66. The first kappa shape index (κ1) is 26.9. The van der Waals surface area contributed by atoms with Crippen LogP contribution in [0, 0.1) is 5.82 Å². The van der Waals surface area contributed by atoms with Gasteiger partial charge in [-0.1, -0.05) is 12.1 Å². The van der Waals surface area contributed by atoms with E-state index in [1.807, 2.05) is 11.0 Å². The van der Waals surface area contributed by atoms with Gasteiger partial charge in [-0.25, -0.2) is 9.37 Å².